The zero-order chi connectivity index (χ0) is 23.3. The average molecular weight is 473 g/mol. The van der Waals surface area contributed by atoms with Gasteiger partial charge in [0.15, 0.2) is 5.82 Å². The molecule has 8 heteroatoms. The molecule has 172 valence electrons. The lowest BCUT2D eigenvalue weighted by atomic mass is 9.50. The highest BCUT2D eigenvalue weighted by molar-refractivity contribution is 7.17. The maximum absolute atomic E-state index is 13.1. The van der Waals surface area contributed by atoms with Crippen molar-refractivity contribution in [2.45, 2.75) is 38.3 Å². The van der Waals surface area contributed by atoms with Crippen molar-refractivity contribution in [3.05, 3.63) is 71.5 Å². The number of carbonyl (C=O) groups excluding carboxylic acids is 1. The van der Waals surface area contributed by atoms with E-state index in [4.69, 9.17) is 5.11 Å². The van der Waals surface area contributed by atoms with E-state index in [1.165, 1.54) is 0 Å². The number of benzene rings is 1. The molecule has 0 bridgehead atoms. The average Bonchev–Trinajstić information content (AvgIpc) is 3.38. The smallest absolute Gasteiger partial charge is 0.306 e. The Kier molecular flexibility index (Phi) is 4.99. The minimum absolute atomic E-state index is 0.0447. The highest BCUT2D eigenvalue weighted by Crippen LogP contribution is 2.58. The van der Waals surface area contributed by atoms with E-state index in [0.29, 0.717) is 17.9 Å². The van der Waals surface area contributed by atoms with Crippen molar-refractivity contribution in [3.8, 4) is 11.4 Å². The molecule has 1 amide bonds. The quantitative estimate of drug-likeness (QED) is 0.428. The van der Waals surface area contributed by atoms with Crippen LogP contribution in [0.2, 0.25) is 0 Å². The molecular weight excluding hydrogens is 448 g/mol. The van der Waals surface area contributed by atoms with Crippen LogP contribution < -0.4 is 5.32 Å². The van der Waals surface area contributed by atoms with E-state index in [9.17, 15) is 9.59 Å². The molecule has 3 heterocycles. The number of aliphatic carboxylic acids is 1. The van der Waals surface area contributed by atoms with Gasteiger partial charge in [0, 0.05) is 42.1 Å². The number of carboxylic acid groups (broad SMARTS) is 1. The Balaban J connectivity index is 1.14. The fourth-order valence-electron chi connectivity index (χ4n) is 5.55. The van der Waals surface area contributed by atoms with Crippen LogP contribution in [0.5, 0.6) is 0 Å². The molecule has 4 aromatic rings. The van der Waals surface area contributed by atoms with Crippen LogP contribution in [0.3, 0.4) is 0 Å². The summed E-state index contributed by atoms with van der Waals surface area (Å²) in [6, 6.07) is 12.2. The molecule has 3 aromatic heterocycles. The molecule has 0 atom stereocenters. The van der Waals surface area contributed by atoms with Gasteiger partial charge in [-0.2, -0.15) is 0 Å². The Bertz CT molecular complexity index is 1360. The highest BCUT2D eigenvalue weighted by atomic mass is 32.1. The fraction of sp³-hybridized carbons (Fsp3) is 0.308. The van der Waals surface area contributed by atoms with Crippen molar-refractivity contribution >= 4 is 33.4 Å². The van der Waals surface area contributed by atoms with E-state index in [1.54, 1.807) is 29.8 Å². The van der Waals surface area contributed by atoms with E-state index >= 15 is 0 Å². The second kappa shape index (κ2) is 8.06. The lowest BCUT2D eigenvalue weighted by molar-refractivity contribution is -0.155. The maximum atomic E-state index is 13.1. The van der Waals surface area contributed by atoms with Crippen LogP contribution in [0.25, 0.3) is 21.6 Å². The van der Waals surface area contributed by atoms with E-state index in [0.717, 1.165) is 47.0 Å². The third-order valence-electron chi connectivity index (χ3n) is 7.26. The molecule has 2 aliphatic carbocycles. The number of amides is 1. The SMILES string of the molecule is O=C(NC1CC2(C1)CC(C(=O)O)C2)c1csc2ccn(Cc3ccc(-c4ncccn4)cc3)c12. The van der Waals surface area contributed by atoms with Crippen LogP contribution in [0.4, 0.5) is 0 Å². The Morgan fingerprint density at radius 1 is 1.09 bits per heavy atom. The normalized spacial score (nSPS) is 23.4. The lowest BCUT2D eigenvalue weighted by Gasteiger charge is -2.56. The second-order valence-corrected chi connectivity index (χ2v) is 10.5. The second-order valence-electron chi connectivity index (χ2n) is 9.60. The highest BCUT2D eigenvalue weighted by Gasteiger charge is 2.55. The van der Waals surface area contributed by atoms with Crippen LogP contribution in [-0.2, 0) is 11.3 Å². The Morgan fingerprint density at radius 2 is 1.82 bits per heavy atom. The number of hydrogen-bond acceptors (Lipinski definition) is 5. The van der Waals surface area contributed by atoms with Crippen molar-refractivity contribution in [1.29, 1.82) is 0 Å². The molecule has 0 radical (unpaired) electrons. The number of nitrogens with zero attached hydrogens (tertiary/aromatic N) is 3. The first kappa shape index (κ1) is 21.0. The number of fused-ring (bicyclic) bond motifs is 1. The summed E-state index contributed by atoms with van der Waals surface area (Å²) in [6.45, 7) is 0.666. The molecule has 6 rings (SSSR count). The zero-order valence-corrected chi connectivity index (χ0v) is 19.3. The van der Waals surface area contributed by atoms with Gasteiger partial charge in [-0.1, -0.05) is 24.3 Å². The number of rotatable bonds is 6. The summed E-state index contributed by atoms with van der Waals surface area (Å²) >= 11 is 1.58. The largest absolute Gasteiger partial charge is 0.481 e. The van der Waals surface area contributed by atoms with Gasteiger partial charge in [0.05, 0.1) is 21.7 Å². The van der Waals surface area contributed by atoms with Crippen molar-refractivity contribution < 1.29 is 14.7 Å². The summed E-state index contributed by atoms with van der Waals surface area (Å²) in [5.74, 6) is -0.239. The number of carbonyl (C=O) groups is 2. The minimum Gasteiger partial charge on any atom is -0.481 e. The molecule has 1 aromatic carbocycles. The zero-order valence-electron chi connectivity index (χ0n) is 18.5. The summed E-state index contributed by atoms with van der Waals surface area (Å²) in [6.07, 6.45) is 8.76. The van der Waals surface area contributed by atoms with Crippen LogP contribution in [0.1, 0.15) is 41.6 Å². The number of nitrogens with one attached hydrogen (secondary N) is 1. The molecule has 2 aliphatic rings. The number of thiophene rings is 1. The summed E-state index contributed by atoms with van der Waals surface area (Å²) in [4.78, 5) is 32.8. The lowest BCUT2D eigenvalue weighted by Crippen LogP contribution is -2.57. The van der Waals surface area contributed by atoms with Gasteiger partial charge in [-0.3, -0.25) is 9.59 Å². The van der Waals surface area contributed by atoms with E-state index in [1.807, 2.05) is 23.7 Å². The van der Waals surface area contributed by atoms with Crippen molar-refractivity contribution in [2.75, 3.05) is 0 Å². The van der Waals surface area contributed by atoms with E-state index < -0.39 is 5.97 Å². The van der Waals surface area contributed by atoms with E-state index in [-0.39, 0.29) is 23.3 Å². The summed E-state index contributed by atoms with van der Waals surface area (Å²) in [5.41, 5.74) is 3.91. The molecule has 2 fully saturated rings. The van der Waals surface area contributed by atoms with Gasteiger partial charge in [0.1, 0.15) is 0 Å². The molecule has 0 unspecified atom stereocenters. The Labute approximate surface area is 200 Å². The van der Waals surface area contributed by atoms with E-state index in [2.05, 4.69) is 38.1 Å². The van der Waals surface area contributed by atoms with Gasteiger partial charge >= 0.3 is 5.97 Å². The van der Waals surface area contributed by atoms with Crippen molar-refractivity contribution in [3.63, 3.8) is 0 Å². The Hall–Kier alpha value is -3.52. The van der Waals surface area contributed by atoms with Gasteiger partial charge in [-0.25, -0.2) is 9.97 Å². The summed E-state index contributed by atoms with van der Waals surface area (Å²) < 4.78 is 3.22. The first-order valence-electron chi connectivity index (χ1n) is 11.5. The maximum Gasteiger partial charge on any atom is 0.306 e. The molecule has 0 aliphatic heterocycles. The molecule has 2 N–H and O–H groups in total. The van der Waals surface area contributed by atoms with Crippen LogP contribution in [0, 0.1) is 11.3 Å². The van der Waals surface area contributed by atoms with Gasteiger partial charge in [-0.05, 0) is 48.8 Å². The molecule has 2 saturated carbocycles. The molecule has 34 heavy (non-hydrogen) atoms. The van der Waals surface area contributed by atoms with Gasteiger partial charge in [0.2, 0.25) is 0 Å². The third kappa shape index (κ3) is 3.68. The van der Waals surface area contributed by atoms with Gasteiger partial charge < -0.3 is 15.0 Å². The Morgan fingerprint density at radius 3 is 2.53 bits per heavy atom. The first-order valence-corrected chi connectivity index (χ1v) is 12.3. The number of carboxylic acids is 1. The minimum atomic E-state index is -0.692. The van der Waals surface area contributed by atoms with Gasteiger partial charge in [-0.15, -0.1) is 11.3 Å². The predicted octanol–water partition coefficient (Wildman–Crippen LogP) is 4.58. The molecule has 0 saturated heterocycles. The predicted molar refractivity (Wildman–Crippen MR) is 130 cm³/mol. The number of aromatic nitrogens is 3. The van der Waals surface area contributed by atoms with Crippen LogP contribution in [0.15, 0.2) is 60.4 Å². The molecular formula is C26H24N4O3S. The molecule has 1 spiro atoms. The standard InChI is InChI=1S/C26H24N4O3S/c31-24(29-19-12-26(13-19)10-18(11-26)25(32)33)20-15-34-21-6-9-30(22(20)21)14-16-2-4-17(5-3-16)23-27-7-1-8-28-23/h1-9,15,18-19H,10-14H2,(H,29,31)(H,32,33). The summed E-state index contributed by atoms with van der Waals surface area (Å²) in [7, 11) is 0. The monoisotopic (exact) mass is 472 g/mol. The topological polar surface area (TPSA) is 97.1 Å². The summed E-state index contributed by atoms with van der Waals surface area (Å²) in [5, 5.41) is 14.2. The van der Waals surface area contributed by atoms with Crippen LogP contribution in [-0.4, -0.2) is 37.6 Å². The van der Waals surface area contributed by atoms with Crippen molar-refractivity contribution in [2.24, 2.45) is 11.3 Å². The van der Waals surface area contributed by atoms with Crippen molar-refractivity contribution in [1.82, 2.24) is 19.9 Å². The number of hydrogen-bond donors (Lipinski definition) is 2. The van der Waals surface area contributed by atoms with Gasteiger partial charge in [0.25, 0.3) is 5.91 Å². The molecule has 7 nitrogen and oxygen atoms in total. The first-order chi connectivity index (χ1) is 16.5. The van der Waals surface area contributed by atoms with Crippen LogP contribution >= 0.6 is 11.3 Å². The fourth-order valence-corrected chi connectivity index (χ4v) is 6.50. The third-order valence-corrected chi connectivity index (χ3v) is 8.20.